The number of likely N-dealkylation sites (tertiary alicyclic amines) is 1. The summed E-state index contributed by atoms with van der Waals surface area (Å²) < 4.78 is 37.9. The summed E-state index contributed by atoms with van der Waals surface area (Å²) >= 11 is 0. The molecule has 2 N–H and O–H groups in total. The van der Waals surface area contributed by atoms with Crippen molar-refractivity contribution in [1.82, 2.24) is 4.90 Å². The molecule has 0 radical (unpaired) electrons. The van der Waals surface area contributed by atoms with E-state index in [-0.39, 0.29) is 36.6 Å². The van der Waals surface area contributed by atoms with Gasteiger partial charge in [0.15, 0.2) is 0 Å². The first-order valence-corrected chi connectivity index (χ1v) is 8.57. The average Bonchev–Trinajstić information content (AvgIpc) is 3.07. The Morgan fingerprint density at radius 1 is 1.04 bits per heavy atom. The number of amides is 1. The minimum atomic E-state index is -4.37. The lowest BCUT2D eigenvalue weighted by Crippen LogP contribution is -2.31. The van der Waals surface area contributed by atoms with E-state index in [1.165, 1.54) is 12.1 Å². The number of carbonyl (C=O) groups is 1. The first-order chi connectivity index (χ1) is 12.4. The molecule has 0 aliphatic carbocycles. The average molecular weight is 399 g/mol. The second-order valence-corrected chi connectivity index (χ2v) is 6.68. The zero-order chi connectivity index (χ0) is 18.7. The SMILES string of the molecule is Cl.NC[C@@H]1CN(C(=O)Cc2ccc(C(F)(F)F)cc2)C[C@H]1c1ccccc1. The number of nitrogens with two attached hydrogens (primary N) is 1. The molecule has 3 nitrogen and oxygen atoms in total. The van der Waals surface area contributed by atoms with Gasteiger partial charge < -0.3 is 10.6 Å². The van der Waals surface area contributed by atoms with Gasteiger partial charge in [0.05, 0.1) is 12.0 Å². The number of rotatable bonds is 4. The van der Waals surface area contributed by atoms with Crippen LogP contribution in [0.25, 0.3) is 0 Å². The minimum absolute atomic E-state index is 0. The van der Waals surface area contributed by atoms with Crippen molar-refractivity contribution in [2.45, 2.75) is 18.5 Å². The molecule has 1 heterocycles. The Hall–Kier alpha value is -2.05. The van der Waals surface area contributed by atoms with Crippen LogP contribution in [0.2, 0.25) is 0 Å². The molecule has 2 aromatic rings. The van der Waals surface area contributed by atoms with Crippen LogP contribution >= 0.6 is 12.4 Å². The summed E-state index contributed by atoms with van der Waals surface area (Å²) in [5, 5.41) is 0. The van der Waals surface area contributed by atoms with E-state index in [4.69, 9.17) is 5.73 Å². The van der Waals surface area contributed by atoms with Gasteiger partial charge in [0.1, 0.15) is 0 Å². The van der Waals surface area contributed by atoms with Crippen molar-refractivity contribution >= 4 is 18.3 Å². The summed E-state index contributed by atoms with van der Waals surface area (Å²) in [5.41, 5.74) is 6.92. The third-order valence-electron chi connectivity index (χ3n) is 4.96. The van der Waals surface area contributed by atoms with Gasteiger partial charge in [-0.15, -0.1) is 12.4 Å². The highest BCUT2D eigenvalue weighted by atomic mass is 35.5. The van der Waals surface area contributed by atoms with Gasteiger partial charge in [0.25, 0.3) is 0 Å². The number of carbonyl (C=O) groups excluding carboxylic acids is 1. The van der Waals surface area contributed by atoms with Crippen LogP contribution in [0.15, 0.2) is 54.6 Å². The van der Waals surface area contributed by atoms with E-state index < -0.39 is 11.7 Å². The summed E-state index contributed by atoms with van der Waals surface area (Å²) in [7, 11) is 0. The fourth-order valence-electron chi connectivity index (χ4n) is 3.49. The van der Waals surface area contributed by atoms with Crippen LogP contribution in [-0.2, 0) is 17.4 Å². The molecule has 0 aromatic heterocycles. The Bertz CT molecular complexity index is 750. The van der Waals surface area contributed by atoms with Crippen LogP contribution in [-0.4, -0.2) is 30.4 Å². The van der Waals surface area contributed by atoms with Gasteiger partial charge in [-0.2, -0.15) is 13.2 Å². The van der Waals surface area contributed by atoms with Gasteiger partial charge in [0.2, 0.25) is 5.91 Å². The van der Waals surface area contributed by atoms with E-state index >= 15 is 0 Å². The first kappa shape index (κ1) is 21.3. The lowest BCUT2D eigenvalue weighted by atomic mass is 9.89. The Morgan fingerprint density at radius 3 is 2.22 bits per heavy atom. The monoisotopic (exact) mass is 398 g/mol. The van der Waals surface area contributed by atoms with Gasteiger partial charge in [-0.1, -0.05) is 42.5 Å². The van der Waals surface area contributed by atoms with Crippen LogP contribution in [0.5, 0.6) is 0 Å². The second kappa shape index (κ2) is 8.76. The third-order valence-corrected chi connectivity index (χ3v) is 4.96. The van der Waals surface area contributed by atoms with Gasteiger partial charge >= 0.3 is 6.18 Å². The molecule has 0 unspecified atom stereocenters. The van der Waals surface area contributed by atoms with E-state index in [1.807, 2.05) is 30.3 Å². The molecule has 2 atom stereocenters. The molecule has 0 saturated carbocycles. The highest BCUT2D eigenvalue weighted by Crippen LogP contribution is 2.33. The molecule has 1 saturated heterocycles. The van der Waals surface area contributed by atoms with E-state index in [1.54, 1.807) is 4.90 Å². The molecule has 1 aliphatic rings. The number of hydrogen-bond donors (Lipinski definition) is 1. The Kier molecular flexibility index (Phi) is 6.89. The molecule has 0 bridgehead atoms. The number of alkyl halides is 3. The van der Waals surface area contributed by atoms with Gasteiger partial charge in [-0.25, -0.2) is 0 Å². The van der Waals surface area contributed by atoms with Crippen molar-refractivity contribution in [2.24, 2.45) is 11.7 Å². The molecule has 1 amide bonds. The summed E-state index contributed by atoms with van der Waals surface area (Å²) in [6.07, 6.45) is -4.27. The number of nitrogens with zero attached hydrogens (tertiary/aromatic N) is 1. The third kappa shape index (κ3) is 5.02. The van der Waals surface area contributed by atoms with Gasteiger partial charge in [0, 0.05) is 19.0 Å². The summed E-state index contributed by atoms with van der Waals surface area (Å²) in [4.78, 5) is 14.4. The van der Waals surface area contributed by atoms with Crippen molar-refractivity contribution in [3.8, 4) is 0 Å². The van der Waals surface area contributed by atoms with E-state index in [0.717, 1.165) is 17.7 Å². The van der Waals surface area contributed by atoms with Crippen molar-refractivity contribution in [3.05, 3.63) is 71.3 Å². The van der Waals surface area contributed by atoms with Crippen molar-refractivity contribution in [1.29, 1.82) is 0 Å². The quantitative estimate of drug-likeness (QED) is 0.849. The van der Waals surface area contributed by atoms with Crippen molar-refractivity contribution in [3.63, 3.8) is 0 Å². The summed E-state index contributed by atoms with van der Waals surface area (Å²) in [6.45, 7) is 1.66. The molecule has 0 spiro atoms. The van der Waals surface area contributed by atoms with Gasteiger partial charge in [-0.05, 0) is 35.7 Å². The predicted molar refractivity (Wildman–Crippen MR) is 101 cm³/mol. The maximum Gasteiger partial charge on any atom is 0.416 e. The fraction of sp³-hybridized carbons (Fsp3) is 0.350. The molecule has 3 rings (SSSR count). The van der Waals surface area contributed by atoms with Crippen molar-refractivity contribution in [2.75, 3.05) is 19.6 Å². The molecular weight excluding hydrogens is 377 g/mol. The molecule has 146 valence electrons. The number of benzene rings is 2. The predicted octanol–water partition coefficient (Wildman–Crippen LogP) is 3.87. The molecule has 7 heteroatoms. The molecule has 1 fully saturated rings. The highest BCUT2D eigenvalue weighted by Gasteiger charge is 2.35. The highest BCUT2D eigenvalue weighted by molar-refractivity contribution is 5.85. The zero-order valence-electron chi connectivity index (χ0n) is 14.7. The standard InChI is InChI=1S/C20H21F3N2O.ClH/c21-20(22,23)17-8-6-14(7-9-17)10-19(26)25-12-16(11-24)18(13-25)15-4-2-1-3-5-15;/h1-9,16,18H,10-13,24H2;1H/t16-,18+;/m1./s1. The Morgan fingerprint density at radius 2 is 1.67 bits per heavy atom. The summed E-state index contributed by atoms with van der Waals surface area (Å²) in [6, 6.07) is 14.7. The van der Waals surface area contributed by atoms with Gasteiger partial charge in [-0.3, -0.25) is 4.79 Å². The lowest BCUT2D eigenvalue weighted by Gasteiger charge is -2.17. The smallest absolute Gasteiger partial charge is 0.341 e. The van der Waals surface area contributed by atoms with E-state index in [0.29, 0.717) is 25.2 Å². The molecular formula is C20H22ClF3N2O. The van der Waals surface area contributed by atoms with Crippen LogP contribution in [0.3, 0.4) is 0 Å². The van der Waals surface area contributed by atoms with Crippen LogP contribution < -0.4 is 5.73 Å². The van der Waals surface area contributed by atoms with Crippen molar-refractivity contribution < 1.29 is 18.0 Å². The lowest BCUT2D eigenvalue weighted by molar-refractivity contribution is -0.137. The first-order valence-electron chi connectivity index (χ1n) is 8.57. The number of halogens is 4. The molecule has 1 aliphatic heterocycles. The van der Waals surface area contributed by atoms with Crippen LogP contribution in [0, 0.1) is 5.92 Å². The molecule has 2 aromatic carbocycles. The normalized spacial score (nSPS) is 19.6. The maximum atomic E-state index is 12.6. The van der Waals surface area contributed by atoms with Crippen LogP contribution in [0.1, 0.15) is 22.6 Å². The molecule has 27 heavy (non-hydrogen) atoms. The minimum Gasteiger partial charge on any atom is -0.341 e. The Balaban J connectivity index is 0.00000261. The topological polar surface area (TPSA) is 46.3 Å². The zero-order valence-corrected chi connectivity index (χ0v) is 15.5. The van der Waals surface area contributed by atoms with E-state index in [9.17, 15) is 18.0 Å². The number of hydrogen-bond acceptors (Lipinski definition) is 2. The largest absolute Gasteiger partial charge is 0.416 e. The maximum absolute atomic E-state index is 12.6. The fourth-order valence-corrected chi connectivity index (χ4v) is 3.49. The second-order valence-electron chi connectivity index (χ2n) is 6.68. The summed E-state index contributed by atoms with van der Waals surface area (Å²) in [5.74, 6) is 0.299. The van der Waals surface area contributed by atoms with E-state index in [2.05, 4.69) is 0 Å². The Labute approximate surface area is 162 Å². The van der Waals surface area contributed by atoms with Crippen LogP contribution in [0.4, 0.5) is 13.2 Å².